The van der Waals surface area contributed by atoms with E-state index in [1.165, 1.54) is 5.57 Å². The van der Waals surface area contributed by atoms with Crippen molar-refractivity contribution in [3.8, 4) is 0 Å². The molecule has 3 N–H and O–H groups in total. The van der Waals surface area contributed by atoms with Gasteiger partial charge in [0.25, 0.3) is 0 Å². The van der Waals surface area contributed by atoms with Gasteiger partial charge in [-0.3, -0.25) is 0 Å². The molecular weight excluding hydrogens is 410 g/mol. The number of hydrazone groups is 1. The zero-order valence-electron chi connectivity index (χ0n) is 12.0. The van der Waals surface area contributed by atoms with Crippen LogP contribution in [0, 0.1) is 0 Å². The Bertz CT molecular complexity index is 411. The van der Waals surface area contributed by atoms with Gasteiger partial charge in [0.15, 0.2) is 0 Å². The molecule has 106 valence electrons. The Hall–Kier alpha value is -0.832. The van der Waals surface area contributed by atoms with E-state index >= 15 is 0 Å². The summed E-state index contributed by atoms with van der Waals surface area (Å²) in [5.41, 5.74) is 5.87. The minimum atomic E-state index is 0.166. The van der Waals surface area contributed by atoms with E-state index in [4.69, 9.17) is 0 Å². The van der Waals surface area contributed by atoms with Crippen LogP contribution in [0.3, 0.4) is 0 Å². The number of rotatable bonds is 4. The van der Waals surface area contributed by atoms with Crippen LogP contribution >= 0.6 is 0 Å². The Labute approximate surface area is 126 Å². The Morgan fingerprint density at radius 2 is 2.16 bits per heavy atom. The van der Waals surface area contributed by atoms with Crippen molar-refractivity contribution in [3.05, 3.63) is 36.0 Å². The van der Waals surface area contributed by atoms with Gasteiger partial charge in [-0.05, 0) is 0 Å². The summed E-state index contributed by atoms with van der Waals surface area (Å²) < 4.78 is 0.166. The average molecular weight is 433 g/mol. The number of hydrogen-bond acceptors (Lipinski definition) is 4. The molecule has 1 rings (SSSR count). The van der Waals surface area contributed by atoms with Crippen molar-refractivity contribution in [2.45, 2.75) is 33.2 Å². The topological polar surface area (TPSA) is 56.7 Å². The third-order valence-corrected chi connectivity index (χ3v) is 2.96. The fourth-order valence-electron chi connectivity index (χ4n) is 1.85. The maximum Gasteiger partial charge on any atom is -0.0683 e. The molecule has 0 amide bonds. The van der Waals surface area contributed by atoms with Gasteiger partial charge in [0, 0.05) is 0 Å². The molecule has 0 aromatic heterocycles. The summed E-state index contributed by atoms with van der Waals surface area (Å²) in [6.07, 6.45) is 6.70. The fraction of sp³-hybridized carbons (Fsp3) is 0.429. The zero-order valence-corrected chi connectivity index (χ0v) is 15.0. The standard InChI is InChI=1S/C12H17N3O.C2H6.W/c1-4-6-10-9(5-2)7-11(13-3)12(10)15-14-8-16;1-2;/h4-6,11,13-14,16H,1,7H2,2-3H3;1-2H3;/b9-5-,10-6+,15-12-;;. The molecule has 1 aliphatic rings. The number of nitrogens with one attached hydrogen (secondary N) is 2. The van der Waals surface area contributed by atoms with Gasteiger partial charge < -0.3 is 0 Å². The van der Waals surface area contributed by atoms with Crippen molar-refractivity contribution in [2.24, 2.45) is 5.10 Å². The second-order valence-corrected chi connectivity index (χ2v) is 4.98. The quantitative estimate of drug-likeness (QED) is 0.595. The molecule has 1 aliphatic carbocycles. The molecule has 0 saturated heterocycles. The predicted molar refractivity (Wildman–Crippen MR) is 78.4 cm³/mol. The Balaban J connectivity index is 0.00000154. The van der Waals surface area contributed by atoms with E-state index in [1.807, 2.05) is 33.9 Å². The van der Waals surface area contributed by atoms with Crippen LogP contribution in [0.1, 0.15) is 27.2 Å². The molecule has 0 aliphatic heterocycles. The van der Waals surface area contributed by atoms with Crippen LogP contribution < -0.4 is 10.7 Å². The molecule has 1 unspecified atom stereocenters. The normalized spacial score (nSPS) is 24.3. The molecule has 1 saturated carbocycles. The molecule has 0 aromatic rings. The molecule has 0 spiro atoms. The minimum Gasteiger partial charge on any atom is -0.0683 e. The summed E-state index contributed by atoms with van der Waals surface area (Å²) >= 11 is 0.962. The molecule has 4 nitrogen and oxygen atoms in total. The molecule has 0 heterocycles. The van der Waals surface area contributed by atoms with E-state index in [9.17, 15) is 5.11 Å². The molecule has 19 heavy (non-hydrogen) atoms. The first-order valence-corrected chi connectivity index (χ1v) is 7.83. The van der Waals surface area contributed by atoms with Crippen LogP contribution in [0.5, 0.6) is 0 Å². The van der Waals surface area contributed by atoms with Gasteiger partial charge in [0.2, 0.25) is 0 Å². The van der Waals surface area contributed by atoms with Crippen LogP contribution in [0.25, 0.3) is 0 Å². The summed E-state index contributed by atoms with van der Waals surface area (Å²) in [5, 5.41) is 16.6. The average Bonchev–Trinajstić information content (AvgIpc) is 2.76. The van der Waals surface area contributed by atoms with Crippen molar-refractivity contribution < 1.29 is 24.5 Å². The van der Waals surface area contributed by atoms with Crippen molar-refractivity contribution in [3.63, 3.8) is 0 Å². The largest absolute Gasteiger partial charge is 0.0683 e. The van der Waals surface area contributed by atoms with Crippen LogP contribution in [0.15, 0.2) is 41.1 Å². The van der Waals surface area contributed by atoms with Gasteiger partial charge in [-0.1, -0.05) is 13.8 Å². The van der Waals surface area contributed by atoms with Gasteiger partial charge in [-0.25, -0.2) is 0 Å². The first kappa shape index (κ1) is 18.2. The van der Waals surface area contributed by atoms with Crippen molar-refractivity contribution in [1.29, 1.82) is 0 Å². The van der Waals surface area contributed by atoms with E-state index in [-0.39, 0.29) is 10.2 Å². The molecule has 5 heteroatoms. The van der Waals surface area contributed by atoms with E-state index in [2.05, 4.69) is 28.5 Å². The van der Waals surface area contributed by atoms with E-state index in [0.717, 1.165) is 37.1 Å². The van der Waals surface area contributed by atoms with Crippen LogP contribution in [-0.2, 0) is 19.4 Å². The summed E-state index contributed by atoms with van der Waals surface area (Å²) in [6.45, 7) is 9.74. The second kappa shape index (κ2) is 10.0. The number of nitrogens with zero attached hydrogens (tertiary/aromatic N) is 1. The number of hydrogen-bond donors (Lipinski definition) is 3. The summed E-state index contributed by atoms with van der Waals surface area (Å²) in [4.78, 5) is 0. The Kier molecular flexibility index (Phi) is 9.58. The predicted octanol–water partition coefficient (Wildman–Crippen LogP) is 2.02. The van der Waals surface area contributed by atoms with Crippen molar-refractivity contribution >= 4 is 9.92 Å². The van der Waals surface area contributed by atoms with E-state index in [0.29, 0.717) is 0 Å². The molecule has 0 aromatic carbocycles. The van der Waals surface area contributed by atoms with E-state index < -0.39 is 0 Å². The van der Waals surface area contributed by atoms with E-state index in [1.54, 1.807) is 6.08 Å². The third-order valence-electron chi connectivity index (χ3n) is 2.63. The van der Waals surface area contributed by atoms with Gasteiger partial charge in [0.1, 0.15) is 0 Å². The van der Waals surface area contributed by atoms with Gasteiger partial charge in [0.05, 0.1) is 0 Å². The van der Waals surface area contributed by atoms with Gasteiger partial charge in [-0.2, -0.15) is 0 Å². The van der Waals surface area contributed by atoms with Crippen molar-refractivity contribution in [2.75, 3.05) is 7.05 Å². The van der Waals surface area contributed by atoms with Crippen molar-refractivity contribution in [1.82, 2.24) is 10.7 Å². The molecular formula is C14H23N3OW. The maximum atomic E-state index is 9.17. The third kappa shape index (κ3) is 5.35. The maximum absolute atomic E-state index is 9.17. The second-order valence-electron chi connectivity index (χ2n) is 3.59. The first-order chi connectivity index (χ1) is 9.13. The molecule has 1 atom stereocenters. The number of allylic oxidation sites excluding steroid dienone is 3. The van der Waals surface area contributed by atoms with Gasteiger partial charge >= 0.3 is 113 Å². The summed E-state index contributed by atoms with van der Waals surface area (Å²) in [6, 6.07) is 0.175. The number of aliphatic hydroxyl groups is 1. The zero-order chi connectivity index (χ0) is 14.8. The summed E-state index contributed by atoms with van der Waals surface area (Å²) in [5.74, 6) is 0. The fourth-order valence-corrected chi connectivity index (χ4v) is 2.01. The summed E-state index contributed by atoms with van der Waals surface area (Å²) in [7, 11) is 1.91. The molecule has 1 fully saturated rings. The number of aliphatic hydroxyl groups excluding tert-OH is 1. The monoisotopic (exact) mass is 433 g/mol. The SMILES string of the molecule is C=C/C=C1C(=C/C)\CC(NC)C\1=N/N[C](O)=[W].CC. The smallest absolute Gasteiger partial charge is 0.0683 e. The molecule has 0 bridgehead atoms. The first-order valence-electron chi connectivity index (χ1n) is 6.36. The Morgan fingerprint density at radius 1 is 1.53 bits per heavy atom. The van der Waals surface area contributed by atoms with Crippen LogP contribution in [-0.4, -0.2) is 28.1 Å². The Morgan fingerprint density at radius 3 is 2.58 bits per heavy atom. The minimum absolute atomic E-state index is 0.166. The van der Waals surface area contributed by atoms with Gasteiger partial charge in [-0.15, -0.1) is 0 Å². The van der Waals surface area contributed by atoms with Crippen LogP contribution in [0.2, 0.25) is 0 Å². The molecule has 0 radical (unpaired) electrons. The van der Waals surface area contributed by atoms with Crippen LogP contribution in [0.4, 0.5) is 0 Å².